The predicted octanol–water partition coefficient (Wildman–Crippen LogP) is 2.62. The Morgan fingerprint density at radius 1 is 1.54 bits per heavy atom. The molecule has 1 aromatic rings. The molecule has 1 heteroatoms. The molecule has 0 saturated heterocycles. The maximum Gasteiger partial charge on any atom is 0.0205 e. The lowest BCUT2D eigenvalue weighted by atomic mass is 10.1. The van der Waals surface area contributed by atoms with Gasteiger partial charge in [-0.15, -0.1) is 0 Å². The van der Waals surface area contributed by atoms with Crippen LogP contribution in [0.4, 0.5) is 0 Å². The molecule has 0 saturated carbocycles. The first-order valence-electron chi connectivity index (χ1n) is 4.98. The quantitative estimate of drug-likeness (QED) is 0.727. The van der Waals surface area contributed by atoms with Crippen LogP contribution in [0.2, 0.25) is 0 Å². The highest BCUT2D eigenvalue weighted by atomic mass is 14.8. The van der Waals surface area contributed by atoms with Crippen molar-refractivity contribution in [3.63, 3.8) is 0 Å². The van der Waals surface area contributed by atoms with Crippen LogP contribution in [0, 0.1) is 12.0 Å². The van der Waals surface area contributed by atoms with Crippen LogP contribution in [0.25, 0.3) is 0 Å². The Bertz CT molecular complexity index is 218. The Morgan fingerprint density at radius 3 is 3.00 bits per heavy atom. The van der Waals surface area contributed by atoms with Gasteiger partial charge in [0.05, 0.1) is 0 Å². The van der Waals surface area contributed by atoms with Gasteiger partial charge in [0.15, 0.2) is 0 Å². The van der Waals surface area contributed by atoms with Crippen LogP contribution in [0.1, 0.15) is 25.8 Å². The molecular weight excluding hydrogens is 158 g/mol. The molecule has 1 aromatic carbocycles. The molecule has 0 fully saturated rings. The number of hydrogen-bond donors (Lipinski definition) is 1. The fraction of sp³-hybridized carbons (Fsp3) is 0.500. The Hall–Kier alpha value is -0.820. The lowest BCUT2D eigenvalue weighted by Crippen LogP contribution is -2.20. The monoisotopic (exact) mass is 176 g/mol. The summed E-state index contributed by atoms with van der Waals surface area (Å²) in [4.78, 5) is 0. The van der Waals surface area contributed by atoms with Crippen molar-refractivity contribution < 1.29 is 0 Å². The van der Waals surface area contributed by atoms with Gasteiger partial charge in [-0.25, -0.2) is 0 Å². The molecule has 0 aromatic heterocycles. The minimum absolute atomic E-state index is 0.771. The van der Waals surface area contributed by atoms with Gasteiger partial charge in [-0.05, 0) is 30.2 Å². The molecule has 1 N–H and O–H groups in total. The summed E-state index contributed by atoms with van der Waals surface area (Å²) in [6.07, 6.45) is 1.24. The molecule has 0 bridgehead atoms. The summed E-state index contributed by atoms with van der Waals surface area (Å²) in [7, 11) is 0. The van der Waals surface area contributed by atoms with Crippen LogP contribution in [0.3, 0.4) is 0 Å². The Morgan fingerprint density at radius 2 is 2.38 bits per heavy atom. The predicted molar refractivity (Wildman–Crippen MR) is 56.4 cm³/mol. The SMILES string of the molecule is CCC(C)CNCc1c[c]ccc1. The zero-order chi connectivity index (χ0) is 9.52. The third kappa shape index (κ3) is 4.09. The number of rotatable bonds is 5. The second-order valence-electron chi connectivity index (χ2n) is 3.56. The zero-order valence-electron chi connectivity index (χ0n) is 8.51. The molecule has 0 heterocycles. The topological polar surface area (TPSA) is 12.0 Å². The van der Waals surface area contributed by atoms with E-state index in [1.165, 1.54) is 12.0 Å². The zero-order valence-corrected chi connectivity index (χ0v) is 8.51. The molecule has 1 atom stereocenters. The number of nitrogens with one attached hydrogen (secondary N) is 1. The van der Waals surface area contributed by atoms with Gasteiger partial charge in [0.2, 0.25) is 0 Å². The fourth-order valence-corrected chi connectivity index (χ4v) is 1.15. The van der Waals surface area contributed by atoms with Gasteiger partial charge < -0.3 is 5.32 Å². The van der Waals surface area contributed by atoms with Crippen LogP contribution < -0.4 is 5.32 Å². The summed E-state index contributed by atoms with van der Waals surface area (Å²) < 4.78 is 0. The van der Waals surface area contributed by atoms with Crippen LogP contribution in [0.5, 0.6) is 0 Å². The van der Waals surface area contributed by atoms with Crippen molar-refractivity contribution in [2.75, 3.05) is 6.54 Å². The molecule has 0 aliphatic carbocycles. The summed E-state index contributed by atoms with van der Waals surface area (Å²) in [5.41, 5.74) is 1.31. The first-order chi connectivity index (χ1) is 6.33. The lowest BCUT2D eigenvalue weighted by molar-refractivity contribution is 0.500. The fourth-order valence-electron chi connectivity index (χ4n) is 1.15. The Kier molecular flexibility index (Phi) is 4.55. The van der Waals surface area contributed by atoms with Crippen molar-refractivity contribution in [2.45, 2.75) is 26.8 Å². The van der Waals surface area contributed by atoms with E-state index in [1.807, 2.05) is 18.2 Å². The van der Waals surface area contributed by atoms with Gasteiger partial charge >= 0.3 is 0 Å². The standard InChI is InChI=1S/C12H18N/c1-3-11(2)9-13-10-12-7-5-4-6-8-12/h4-5,7-8,11,13H,3,9-10H2,1-2H3. The van der Waals surface area contributed by atoms with E-state index in [0.717, 1.165) is 19.0 Å². The molecule has 0 aliphatic heterocycles. The van der Waals surface area contributed by atoms with E-state index >= 15 is 0 Å². The molecule has 71 valence electrons. The van der Waals surface area contributed by atoms with Crippen molar-refractivity contribution in [3.05, 3.63) is 35.9 Å². The molecule has 1 radical (unpaired) electrons. The third-order valence-electron chi connectivity index (χ3n) is 2.29. The van der Waals surface area contributed by atoms with Crippen LogP contribution in [-0.4, -0.2) is 6.54 Å². The summed E-state index contributed by atoms with van der Waals surface area (Å²) >= 11 is 0. The van der Waals surface area contributed by atoms with Crippen molar-refractivity contribution in [3.8, 4) is 0 Å². The average Bonchev–Trinajstić information content (AvgIpc) is 2.19. The average molecular weight is 176 g/mol. The van der Waals surface area contributed by atoms with Crippen LogP contribution >= 0.6 is 0 Å². The summed E-state index contributed by atoms with van der Waals surface area (Å²) in [6, 6.07) is 11.2. The molecular formula is C12H18N. The molecule has 1 rings (SSSR count). The normalized spacial score (nSPS) is 12.8. The molecule has 13 heavy (non-hydrogen) atoms. The van der Waals surface area contributed by atoms with Gasteiger partial charge in [0.1, 0.15) is 0 Å². The Labute approximate surface area is 81.2 Å². The minimum atomic E-state index is 0.771. The first-order valence-corrected chi connectivity index (χ1v) is 4.98. The second kappa shape index (κ2) is 5.76. The van der Waals surface area contributed by atoms with Gasteiger partial charge in [-0.3, -0.25) is 0 Å². The van der Waals surface area contributed by atoms with Crippen LogP contribution in [-0.2, 0) is 6.54 Å². The highest BCUT2D eigenvalue weighted by molar-refractivity contribution is 5.13. The molecule has 1 nitrogen and oxygen atoms in total. The minimum Gasteiger partial charge on any atom is -0.312 e. The first kappa shape index (κ1) is 10.3. The second-order valence-corrected chi connectivity index (χ2v) is 3.56. The largest absolute Gasteiger partial charge is 0.312 e. The summed E-state index contributed by atoms with van der Waals surface area (Å²) in [6.45, 7) is 6.56. The lowest BCUT2D eigenvalue weighted by Gasteiger charge is -2.09. The van der Waals surface area contributed by atoms with Gasteiger partial charge in [0.25, 0.3) is 0 Å². The molecule has 0 aliphatic rings. The van der Waals surface area contributed by atoms with E-state index in [0.29, 0.717) is 0 Å². The number of benzene rings is 1. The molecule has 0 amide bonds. The van der Waals surface area contributed by atoms with Gasteiger partial charge in [-0.2, -0.15) is 0 Å². The van der Waals surface area contributed by atoms with E-state index in [4.69, 9.17) is 0 Å². The third-order valence-corrected chi connectivity index (χ3v) is 2.29. The van der Waals surface area contributed by atoms with Crippen molar-refractivity contribution >= 4 is 0 Å². The summed E-state index contributed by atoms with van der Waals surface area (Å²) in [5, 5.41) is 3.43. The number of hydrogen-bond acceptors (Lipinski definition) is 1. The highest BCUT2D eigenvalue weighted by Crippen LogP contribution is 2.00. The highest BCUT2D eigenvalue weighted by Gasteiger charge is 1.97. The van der Waals surface area contributed by atoms with E-state index in [9.17, 15) is 0 Å². The summed E-state index contributed by atoms with van der Waals surface area (Å²) in [5.74, 6) is 0.771. The smallest absolute Gasteiger partial charge is 0.0205 e. The molecule has 0 spiro atoms. The van der Waals surface area contributed by atoms with E-state index in [1.54, 1.807) is 0 Å². The maximum absolute atomic E-state index is 3.43. The van der Waals surface area contributed by atoms with Gasteiger partial charge in [-0.1, -0.05) is 38.5 Å². The van der Waals surface area contributed by atoms with E-state index in [-0.39, 0.29) is 0 Å². The van der Waals surface area contributed by atoms with Crippen molar-refractivity contribution in [1.29, 1.82) is 0 Å². The van der Waals surface area contributed by atoms with E-state index in [2.05, 4.69) is 31.3 Å². The van der Waals surface area contributed by atoms with Gasteiger partial charge in [0, 0.05) is 6.54 Å². The van der Waals surface area contributed by atoms with E-state index < -0.39 is 0 Å². The van der Waals surface area contributed by atoms with Crippen molar-refractivity contribution in [1.82, 2.24) is 5.32 Å². The van der Waals surface area contributed by atoms with Crippen LogP contribution in [0.15, 0.2) is 24.3 Å². The molecule has 1 unspecified atom stereocenters. The Balaban J connectivity index is 2.20. The maximum atomic E-state index is 3.43. The van der Waals surface area contributed by atoms with Crippen molar-refractivity contribution in [2.24, 2.45) is 5.92 Å².